The summed E-state index contributed by atoms with van der Waals surface area (Å²) in [4.78, 5) is 19.2. The molecule has 1 amide bonds. The summed E-state index contributed by atoms with van der Waals surface area (Å²) in [7, 11) is 1.15. The van der Waals surface area contributed by atoms with E-state index in [0.717, 1.165) is 54.5 Å². The Morgan fingerprint density at radius 3 is 2.79 bits per heavy atom. The van der Waals surface area contributed by atoms with Gasteiger partial charge < -0.3 is 9.64 Å². The minimum atomic E-state index is -3.91. The van der Waals surface area contributed by atoms with Crippen LogP contribution in [0, 0.1) is 0 Å². The van der Waals surface area contributed by atoms with Crippen LogP contribution in [0.15, 0.2) is 30.5 Å². The molecule has 8 nitrogen and oxygen atoms in total. The standard InChI is InChI=1S/C23H30N4O4S.K/c1-26-12-10-18(15-26)27(2)32(29,30)25-22(28)14-21-19-6-4-5-16(19)7-8-20(21)17-9-11-24-23(13-17)31-3;/h7-9,11,13,18H,4-6,10,12,14-15H2,1-3H3,(H,25,28);. The number of likely N-dealkylation sites (tertiary alicyclic amines) is 1. The minimum Gasteiger partial charge on any atom is -0.481 e. The molecule has 0 saturated carbocycles. The molecule has 1 fully saturated rings. The SMILES string of the molecule is COc1cc(-c2ccc3c(c2CC(=O)NS(=O)(=O)N(C)C2CCN(C)C2)CCC3)ccn1.[K]. The van der Waals surface area contributed by atoms with Crippen LogP contribution in [0.1, 0.15) is 29.5 Å². The number of ether oxygens (including phenoxy) is 1. The molecule has 0 bridgehead atoms. The van der Waals surface area contributed by atoms with Crippen molar-refractivity contribution in [3.8, 4) is 17.0 Å². The molecule has 173 valence electrons. The van der Waals surface area contributed by atoms with Crippen LogP contribution in [0.4, 0.5) is 0 Å². The van der Waals surface area contributed by atoms with Crippen molar-refractivity contribution < 1.29 is 17.9 Å². The number of amides is 1. The Kier molecular flexibility index (Phi) is 9.12. The van der Waals surface area contributed by atoms with Crippen LogP contribution >= 0.6 is 0 Å². The molecule has 33 heavy (non-hydrogen) atoms. The smallest absolute Gasteiger partial charge is 0.303 e. The van der Waals surface area contributed by atoms with Crippen LogP contribution < -0.4 is 9.46 Å². The van der Waals surface area contributed by atoms with E-state index in [2.05, 4.69) is 20.7 Å². The quantitative estimate of drug-likeness (QED) is 0.582. The van der Waals surface area contributed by atoms with Gasteiger partial charge in [-0.3, -0.25) is 4.79 Å². The third-order valence-corrected chi connectivity index (χ3v) is 8.04. The number of fused-ring (bicyclic) bond motifs is 1. The van der Waals surface area contributed by atoms with Crippen molar-refractivity contribution >= 4 is 67.5 Å². The molecule has 1 unspecified atom stereocenters. The molecular weight excluding hydrogens is 467 g/mol. The first-order valence-corrected chi connectivity index (χ1v) is 12.3. The maximum Gasteiger partial charge on any atom is 0.303 e. The molecule has 1 aromatic heterocycles. The zero-order valence-corrected chi connectivity index (χ0v) is 23.7. The normalized spacial score (nSPS) is 18.1. The second-order valence-electron chi connectivity index (χ2n) is 8.60. The molecule has 2 aliphatic rings. The Morgan fingerprint density at radius 2 is 2.09 bits per heavy atom. The molecule has 10 heteroatoms. The van der Waals surface area contributed by atoms with E-state index < -0.39 is 16.1 Å². The number of nitrogens with zero attached hydrogens (tertiary/aromatic N) is 3. The monoisotopic (exact) mass is 497 g/mol. The number of carbonyl (C=O) groups is 1. The van der Waals surface area contributed by atoms with Gasteiger partial charge in [-0.05, 0) is 73.2 Å². The van der Waals surface area contributed by atoms with Gasteiger partial charge in [0.2, 0.25) is 11.8 Å². The first-order valence-electron chi connectivity index (χ1n) is 10.9. The van der Waals surface area contributed by atoms with Crippen molar-refractivity contribution in [1.82, 2.24) is 18.9 Å². The minimum absolute atomic E-state index is 0. The first kappa shape index (κ1) is 26.7. The van der Waals surface area contributed by atoms with Gasteiger partial charge in [-0.15, -0.1) is 0 Å². The second-order valence-corrected chi connectivity index (χ2v) is 10.3. The summed E-state index contributed by atoms with van der Waals surface area (Å²) in [5.74, 6) is -0.0325. The molecule has 2 aromatic rings. The molecule has 0 spiro atoms. The Labute approximate surface area is 238 Å². The van der Waals surface area contributed by atoms with E-state index in [9.17, 15) is 13.2 Å². The Balaban J connectivity index is 0.00000306. The fourth-order valence-corrected chi connectivity index (χ4v) is 5.79. The molecule has 1 radical (unpaired) electrons. The Morgan fingerprint density at radius 1 is 1.30 bits per heavy atom. The number of carbonyl (C=O) groups excluding carboxylic acids is 1. The zero-order valence-electron chi connectivity index (χ0n) is 19.8. The molecule has 1 aromatic carbocycles. The molecule has 1 aliphatic heterocycles. The predicted molar refractivity (Wildman–Crippen MR) is 128 cm³/mol. The van der Waals surface area contributed by atoms with Gasteiger partial charge in [0.1, 0.15) is 0 Å². The number of methoxy groups -OCH3 is 1. The van der Waals surface area contributed by atoms with Crippen LogP contribution in [0.25, 0.3) is 11.1 Å². The molecular formula is C23H30KN4O4S. The summed E-state index contributed by atoms with van der Waals surface area (Å²) in [5, 5.41) is 0. The third-order valence-electron chi connectivity index (χ3n) is 6.50. The van der Waals surface area contributed by atoms with Gasteiger partial charge in [0, 0.05) is 83.3 Å². The van der Waals surface area contributed by atoms with Crippen molar-refractivity contribution in [3.63, 3.8) is 0 Å². The van der Waals surface area contributed by atoms with Gasteiger partial charge >= 0.3 is 10.2 Å². The maximum atomic E-state index is 13.0. The van der Waals surface area contributed by atoms with Crippen LogP contribution in [0.5, 0.6) is 5.88 Å². The number of benzene rings is 1. The van der Waals surface area contributed by atoms with Crippen molar-refractivity contribution in [3.05, 3.63) is 47.2 Å². The van der Waals surface area contributed by atoms with Crippen LogP contribution in [-0.4, -0.2) is 120 Å². The summed E-state index contributed by atoms with van der Waals surface area (Å²) in [6.07, 6.45) is 5.31. The predicted octanol–water partition coefficient (Wildman–Crippen LogP) is 1.40. The van der Waals surface area contributed by atoms with Crippen LogP contribution in [-0.2, 0) is 34.3 Å². The molecule has 1 N–H and O–H groups in total. The summed E-state index contributed by atoms with van der Waals surface area (Å²) in [6, 6.07) is 7.69. The van der Waals surface area contributed by atoms with Crippen molar-refractivity contribution in [2.45, 2.75) is 38.1 Å². The van der Waals surface area contributed by atoms with E-state index >= 15 is 0 Å². The number of pyridine rings is 1. The van der Waals surface area contributed by atoms with Crippen molar-refractivity contribution in [1.29, 1.82) is 0 Å². The number of hydrogen-bond donors (Lipinski definition) is 1. The largest absolute Gasteiger partial charge is 0.481 e. The van der Waals surface area contributed by atoms with Gasteiger partial charge in [0.05, 0.1) is 13.5 Å². The van der Waals surface area contributed by atoms with Gasteiger partial charge in [0.25, 0.3) is 0 Å². The third kappa shape index (κ3) is 6.05. The van der Waals surface area contributed by atoms with E-state index in [-0.39, 0.29) is 63.8 Å². The first-order chi connectivity index (χ1) is 15.3. The molecule has 2 heterocycles. The van der Waals surface area contributed by atoms with Gasteiger partial charge in [-0.2, -0.15) is 12.7 Å². The van der Waals surface area contributed by atoms with Crippen LogP contribution in [0.2, 0.25) is 0 Å². The number of likely N-dealkylation sites (N-methyl/N-ethyl adjacent to an activating group) is 2. The van der Waals surface area contributed by atoms with Crippen molar-refractivity contribution in [2.24, 2.45) is 0 Å². The second kappa shape index (κ2) is 11.3. The van der Waals surface area contributed by atoms with Gasteiger partial charge in [-0.25, -0.2) is 9.71 Å². The van der Waals surface area contributed by atoms with E-state index in [1.54, 1.807) is 13.3 Å². The van der Waals surface area contributed by atoms with Gasteiger partial charge in [-0.1, -0.05) is 12.1 Å². The molecule has 1 aliphatic carbocycles. The number of aryl methyl sites for hydroxylation is 1. The van der Waals surface area contributed by atoms with Crippen molar-refractivity contribution in [2.75, 3.05) is 34.3 Å². The molecule has 1 atom stereocenters. The Bertz CT molecular complexity index is 1130. The molecule has 1 saturated heterocycles. The fraction of sp³-hybridized carbons (Fsp3) is 0.478. The topological polar surface area (TPSA) is 91.8 Å². The van der Waals surface area contributed by atoms with Gasteiger partial charge in [0.15, 0.2) is 0 Å². The number of aromatic nitrogens is 1. The zero-order chi connectivity index (χ0) is 22.9. The van der Waals surface area contributed by atoms with E-state index in [0.29, 0.717) is 12.4 Å². The van der Waals surface area contributed by atoms with Crippen LogP contribution in [0.3, 0.4) is 0 Å². The number of hydrogen-bond acceptors (Lipinski definition) is 6. The van der Waals surface area contributed by atoms with E-state index in [4.69, 9.17) is 4.74 Å². The fourth-order valence-electron chi connectivity index (χ4n) is 4.72. The van der Waals surface area contributed by atoms with E-state index in [1.165, 1.54) is 16.9 Å². The average Bonchev–Trinajstić information content (AvgIpc) is 3.42. The summed E-state index contributed by atoms with van der Waals surface area (Å²) in [5.41, 5.74) is 5.06. The Hall–Kier alpha value is -0.854. The average molecular weight is 498 g/mol. The summed E-state index contributed by atoms with van der Waals surface area (Å²) < 4.78 is 34.5. The summed E-state index contributed by atoms with van der Waals surface area (Å²) in [6.45, 7) is 1.50. The summed E-state index contributed by atoms with van der Waals surface area (Å²) >= 11 is 0. The maximum absolute atomic E-state index is 13.0. The number of rotatable bonds is 7. The number of nitrogens with one attached hydrogen (secondary N) is 1. The molecule has 4 rings (SSSR count). The van der Waals surface area contributed by atoms with E-state index in [1.807, 2.05) is 25.2 Å².